The van der Waals surface area contributed by atoms with Crippen molar-refractivity contribution in [3.05, 3.63) is 174 Å². The molecule has 1 aliphatic heterocycles. The van der Waals surface area contributed by atoms with Crippen LogP contribution in [0.1, 0.15) is 22.9 Å². The Balaban J connectivity index is 1.12. The summed E-state index contributed by atoms with van der Waals surface area (Å²) >= 11 is 0. The van der Waals surface area contributed by atoms with Crippen LogP contribution in [-0.4, -0.2) is 16.2 Å². The third-order valence-corrected chi connectivity index (χ3v) is 10.1. The molecule has 1 aliphatic rings. The molecule has 6 nitrogen and oxygen atoms in total. The summed E-state index contributed by atoms with van der Waals surface area (Å²) in [4.78, 5) is 10.1. The van der Waals surface area contributed by atoms with Crippen molar-refractivity contribution in [2.24, 2.45) is 9.98 Å². The molecule has 0 amide bonds. The fourth-order valence-electron chi connectivity index (χ4n) is 7.79. The molecule has 1 N–H and O–H groups in total. The van der Waals surface area contributed by atoms with Gasteiger partial charge < -0.3 is 18.7 Å². The van der Waals surface area contributed by atoms with Crippen molar-refractivity contribution in [3.8, 4) is 5.69 Å². The lowest BCUT2D eigenvalue weighted by molar-refractivity contribution is 0.615. The Hall–Kier alpha value is -6.92. The molecule has 51 heavy (non-hydrogen) atoms. The van der Waals surface area contributed by atoms with Crippen LogP contribution in [0.25, 0.3) is 71.4 Å². The van der Waals surface area contributed by atoms with Gasteiger partial charge in [-0.05, 0) is 36.4 Å². The maximum absolute atomic E-state index is 6.88. The monoisotopic (exact) mass is 656 g/mol. The average molecular weight is 657 g/mol. The molecule has 0 saturated heterocycles. The van der Waals surface area contributed by atoms with Gasteiger partial charge in [0.05, 0.1) is 22.1 Å². The van der Waals surface area contributed by atoms with Crippen molar-refractivity contribution in [2.75, 3.05) is 0 Å². The van der Waals surface area contributed by atoms with Crippen LogP contribution in [0.2, 0.25) is 0 Å². The largest absolute Gasteiger partial charge is 0.452 e. The summed E-state index contributed by atoms with van der Waals surface area (Å²) < 4.78 is 16.0. The van der Waals surface area contributed by atoms with Gasteiger partial charge in [-0.3, -0.25) is 0 Å². The zero-order valence-electron chi connectivity index (χ0n) is 27.2. The number of aromatic nitrogens is 1. The number of benzene rings is 7. The lowest BCUT2D eigenvalue weighted by Crippen LogP contribution is -2.33. The smallest absolute Gasteiger partial charge is 0.178 e. The van der Waals surface area contributed by atoms with E-state index in [1.165, 1.54) is 10.8 Å². The fourth-order valence-corrected chi connectivity index (χ4v) is 7.79. The molecule has 7 aromatic carbocycles. The van der Waals surface area contributed by atoms with Gasteiger partial charge in [-0.25, -0.2) is 9.98 Å². The first kappa shape index (κ1) is 28.0. The lowest BCUT2D eigenvalue weighted by Gasteiger charge is -2.23. The van der Waals surface area contributed by atoms with Gasteiger partial charge in [-0.1, -0.05) is 121 Å². The Morgan fingerprint density at radius 2 is 1.10 bits per heavy atom. The fraction of sp³-hybridized carbons (Fsp3) is 0.0222. The minimum absolute atomic E-state index is 0.426. The van der Waals surface area contributed by atoms with E-state index in [4.69, 9.17) is 18.8 Å². The summed E-state index contributed by atoms with van der Waals surface area (Å²) in [5.74, 6) is 1.43. The number of hydrogen-bond acceptors (Lipinski definition) is 5. The molecule has 0 spiro atoms. The van der Waals surface area contributed by atoms with Gasteiger partial charge in [0.1, 0.15) is 17.0 Å². The molecule has 1 atom stereocenters. The van der Waals surface area contributed by atoms with Crippen molar-refractivity contribution in [3.63, 3.8) is 0 Å². The third-order valence-electron chi connectivity index (χ3n) is 10.1. The Morgan fingerprint density at radius 3 is 1.86 bits per heavy atom. The van der Waals surface area contributed by atoms with Gasteiger partial charge in [0.2, 0.25) is 0 Å². The van der Waals surface area contributed by atoms with Gasteiger partial charge in [0.25, 0.3) is 0 Å². The summed E-state index contributed by atoms with van der Waals surface area (Å²) in [5.41, 5.74) is 9.29. The van der Waals surface area contributed by atoms with Gasteiger partial charge in [0, 0.05) is 43.6 Å². The number of nitrogens with one attached hydrogen (secondary N) is 1. The average Bonchev–Trinajstić information content (AvgIpc) is 3.88. The molecule has 240 valence electrons. The minimum Gasteiger partial charge on any atom is -0.452 e. The van der Waals surface area contributed by atoms with Gasteiger partial charge in [0.15, 0.2) is 23.2 Å². The first-order chi connectivity index (χ1) is 25.3. The molecule has 6 heteroatoms. The van der Waals surface area contributed by atoms with Crippen LogP contribution in [-0.2, 0) is 0 Å². The van der Waals surface area contributed by atoms with E-state index in [9.17, 15) is 0 Å². The van der Waals surface area contributed by atoms with Crippen LogP contribution in [0.5, 0.6) is 0 Å². The minimum atomic E-state index is -0.426. The van der Waals surface area contributed by atoms with E-state index in [1.54, 1.807) is 0 Å². The Bertz CT molecular complexity index is 3000. The van der Waals surface area contributed by atoms with E-state index >= 15 is 0 Å². The first-order valence-electron chi connectivity index (χ1n) is 17.1. The second-order valence-electron chi connectivity index (χ2n) is 13.0. The molecule has 3 aromatic heterocycles. The zero-order chi connectivity index (χ0) is 33.5. The molecular formula is C45H28N4O2. The normalized spacial score (nSPS) is 14.9. The van der Waals surface area contributed by atoms with Gasteiger partial charge in [-0.15, -0.1) is 0 Å². The highest BCUT2D eigenvalue weighted by Gasteiger charge is 2.26. The van der Waals surface area contributed by atoms with E-state index < -0.39 is 6.17 Å². The van der Waals surface area contributed by atoms with E-state index in [1.807, 2.05) is 54.6 Å². The van der Waals surface area contributed by atoms with Crippen molar-refractivity contribution in [1.82, 2.24) is 9.88 Å². The summed E-state index contributed by atoms with van der Waals surface area (Å²) in [7, 11) is 0. The molecule has 0 radical (unpaired) electrons. The molecule has 0 bridgehead atoms. The quantitative estimate of drug-likeness (QED) is 0.205. The topological polar surface area (TPSA) is 68.0 Å². The Labute approximate surface area is 291 Å². The maximum atomic E-state index is 6.88. The molecule has 10 aromatic rings. The highest BCUT2D eigenvalue weighted by molar-refractivity contribution is 6.22. The van der Waals surface area contributed by atoms with E-state index in [0.29, 0.717) is 5.84 Å². The van der Waals surface area contributed by atoms with Gasteiger partial charge in [-0.2, -0.15) is 0 Å². The highest BCUT2D eigenvalue weighted by atomic mass is 16.4. The van der Waals surface area contributed by atoms with E-state index in [-0.39, 0.29) is 0 Å². The standard InChI is InChI=1S/C45H28N4O2/c1-3-13-27(14-4-1)43-46-44(28-15-5-2-6-16-28)48-45(47-43)34-20-11-19-31-32-25-26-33-39-37(23-12-24-38(39)50-42(33)41(32)51-40(31)34)49-35-21-9-7-17-29(35)30-18-8-10-22-36(30)49/h1-26,45H,(H,46,47,48). The number of para-hydroxylation sites is 3. The summed E-state index contributed by atoms with van der Waals surface area (Å²) in [6.45, 7) is 0. The van der Waals surface area contributed by atoms with Crippen molar-refractivity contribution in [1.29, 1.82) is 0 Å². The second-order valence-corrected chi connectivity index (χ2v) is 13.0. The number of fused-ring (bicyclic) bond motifs is 10. The van der Waals surface area contributed by atoms with Crippen LogP contribution in [0.4, 0.5) is 0 Å². The number of rotatable bonds is 4. The zero-order valence-corrected chi connectivity index (χ0v) is 27.2. The number of furan rings is 2. The molecule has 11 rings (SSSR count). The second kappa shape index (κ2) is 10.8. The van der Waals surface area contributed by atoms with E-state index in [0.717, 1.165) is 83.1 Å². The number of aliphatic imine (C=N–C) groups is 2. The third kappa shape index (κ3) is 4.17. The lowest BCUT2D eigenvalue weighted by atomic mass is 10.0. The predicted octanol–water partition coefficient (Wildman–Crippen LogP) is 11.1. The van der Waals surface area contributed by atoms with Crippen LogP contribution in [0.15, 0.2) is 177 Å². The first-order valence-corrected chi connectivity index (χ1v) is 17.1. The molecule has 0 aliphatic carbocycles. The number of nitrogens with zero attached hydrogens (tertiary/aromatic N) is 3. The Kier molecular flexibility index (Phi) is 5.92. The Morgan fingerprint density at radius 1 is 0.490 bits per heavy atom. The van der Waals surface area contributed by atoms with Crippen molar-refractivity contribution in [2.45, 2.75) is 6.17 Å². The molecule has 1 unspecified atom stereocenters. The number of amidine groups is 2. The predicted molar refractivity (Wildman–Crippen MR) is 207 cm³/mol. The van der Waals surface area contributed by atoms with Crippen molar-refractivity contribution < 1.29 is 8.83 Å². The maximum Gasteiger partial charge on any atom is 0.178 e. The van der Waals surface area contributed by atoms with Crippen LogP contribution in [0, 0.1) is 0 Å². The van der Waals surface area contributed by atoms with Crippen LogP contribution >= 0.6 is 0 Å². The molecule has 0 saturated carbocycles. The highest BCUT2D eigenvalue weighted by Crippen LogP contribution is 2.43. The molecule has 0 fully saturated rings. The SMILES string of the molecule is c1ccc(C2=NC(c3cccc4c3oc3c4ccc4c3oc3cccc(-n5c6ccccc6c6ccccc65)c34)NC(c3ccccc3)=N2)cc1. The summed E-state index contributed by atoms with van der Waals surface area (Å²) in [6.07, 6.45) is -0.426. The summed E-state index contributed by atoms with van der Waals surface area (Å²) in [5, 5.41) is 10.1. The number of hydrogen-bond donors (Lipinski definition) is 1. The molecule has 4 heterocycles. The van der Waals surface area contributed by atoms with Gasteiger partial charge >= 0.3 is 0 Å². The van der Waals surface area contributed by atoms with Crippen LogP contribution < -0.4 is 5.32 Å². The van der Waals surface area contributed by atoms with Crippen molar-refractivity contribution >= 4 is 77.4 Å². The summed E-state index contributed by atoms with van der Waals surface area (Å²) in [6, 6.07) is 54.4. The molecular weight excluding hydrogens is 629 g/mol. The van der Waals surface area contributed by atoms with Crippen LogP contribution in [0.3, 0.4) is 0 Å². The van der Waals surface area contributed by atoms with E-state index in [2.05, 4.69) is 113 Å².